The molecule has 1 heterocycles. The Bertz CT molecular complexity index is 362. The summed E-state index contributed by atoms with van der Waals surface area (Å²) in [5.41, 5.74) is 0. The first-order valence-corrected chi connectivity index (χ1v) is 10.0. The lowest BCUT2D eigenvalue weighted by Gasteiger charge is -2.14. The molecule has 6 nitrogen and oxygen atoms in total. The maximum atomic E-state index is 9.78. The molecule has 1 aromatic heterocycles. The van der Waals surface area contributed by atoms with Gasteiger partial charge in [0.25, 0.3) is 0 Å². The van der Waals surface area contributed by atoms with Gasteiger partial charge in [0.2, 0.25) is 5.82 Å². The second-order valence-electron chi connectivity index (χ2n) is 6.06. The van der Waals surface area contributed by atoms with E-state index in [4.69, 9.17) is 4.74 Å². The zero-order valence-electron chi connectivity index (χ0n) is 11.9. The molecule has 1 aromatic rings. The molecule has 1 N–H and O–H groups in total. The second kappa shape index (κ2) is 6.40. The van der Waals surface area contributed by atoms with Crippen molar-refractivity contribution in [3.05, 3.63) is 5.82 Å². The van der Waals surface area contributed by atoms with E-state index in [0.29, 0.717) is 12.6 Å². The maximum Gasteiger partial charge on any atom is 0.203 e. The summed E-state index contributed by atoms with van der Waals surface area (Å²) in [6.07, 6.45) is -0.666. The average Bonchev–Trinajstić information content (AvgIpc) is 2.70. The van der Waals surface area contributed by atoms with Crippen LogP contribution in [0.25, 0.3) is 0 Å². The Labute approximate surface area is 109 Å². The first-order chi connectivity index (χ1) is 8.29. The number of nitrogens with zero attached hydrogens (tertiary/aromatic N) is 4. The smallest absolute Gasteiger partial charge is 0.203 e. The lowest BCUT2D eigenvalue weighted by molar-refractivity contribution is 0.0656. The molecule has 0 aromatic carbocycles. The highest BCUT2D eigenvalue weighted by atomic mass is 28.3. The molecule has 0 fully saturated rings. The SMILES string of the molecule is CC(C)C(O)c1nnn(COCC[Si](C)(C)C)n1. The van der Waals surface area contributed by atoms with E-state index in [2.05, 4.69) is 35.1 Å². The van der Waals surface area contributed by atoms with Gasteiger partial charge in [0.1, 0.15) is 6.10 Å². The van der Waals surface area contributed by atoms with E-state index in [1.807, 2.05) is 13.8 Å². The Hall–Kier alpha value is -0.793. The summed E-state index contributed by atoms with van der Waals surface area (Å²) >= 11 is 0. The van der Waals surface area contributed by atoms with Gasteiger partial charge in [-0.15, -0.1) is 15.0 Å². The molecule has 0 bridgehead atoms. The topological polar surface area (TPSA) is 73.1 Å². The number of tetrazole rings is 1. The van der Waals surface area contributed by atoms with Gasteiger partial charge in [-0.25, -0.2) is 0 Å². The normalized spacial score (nSPS) is 14.2. The van der Waals surface area contributed by atoms with Crippen LogP contribution in [0.5, 0.6) is 0 Å². The van der Waals surface area contributed by atoms with E-state index >= 15 is 0 Å². The van der Waals surface area contributed by atoms with Crippen molar-refractivity contribution in [2.75, 3.05) is 6.61 Å². The van der Waals surface area contributed by atoms with E-state index in [1.54, 1.807) is 0 Å². The van der Waals surface area contributed by atoms with Crippen molar-refractivity contribution in [1.29, 1.82) is 0 Å². The number of aliphatic hydroxyl groups is 1. The van der Waals surface area contributed by atoms with Crippen molar-refractivity contribution in [2.45, 2.75) is 52.4 Å². The minimum absolute atomic E-state index is 0.0791. The van der Waals surface area contributed by atoms with E-state index in [0.717, 1.165) is 12.7 Å². The van der Waals surface area contributed by atoms with Crippen LogP contribution in [0, 0.1) is 5.92 Å². The van der Waals surface area contributed by atoms with Gasteiger partial charge < -0.3 is 9.84 Å². The molecule has 1 rings (SSSR count). The number of rotatable bonds is 7. The largest absolute Gasteiger partial charge is 0.385 e. The third-order valence-corrected chi connectivity index (χ3v) is 4.27. The Balaban J connectivity index is 2.36. The molecule has 18 heavy (non-hydrogen) atoms. The van der Waals surface area contributed by atoms with Gasteiger partial charge in [-0.1, -0.05) is 33.5 Å². The van der Waals surface area contributed by atoms with Crippen LogP contribution in [0.3, 0.4) is 0 Å². The van der Waals surface area contributed by atoms with Crippen molar-refractivity contribution < 1.29 is 9.84 Å². The summed E-state index contributed by atoms with van der Waals surface area (Å²) in [6.45, 7) is 11.8. The Morgan fingerprint density at radius 3 is 2.56 bits per heavy atom. The molecule has 0 radical (unpaired) electrons. The fourth-order valence-corrected chi connectivity index (χ4v) is 2.01. The standard InChI is InChI=1S/C11H24N4O2Si/c1-9(2)10(16)11-12-14-15(13-11)8-17-6-7-18(3,4)5/h9-10,16H,6-8H2,1-5H3. The van der Waals surface area contributed by atoms with Gasteiger partial charge in [-0.2, -0.15) is 0 Å². The van der Waals surface area contributed by atoms with Gasteiger partial charge in [-0.3, -0.25) is 0 Å². The summed E-state index contributed by atoms with van der Waals surface area (Å²) in [5, 5.41) is 21.6. The lowest BCUT2D eigenvalue weighted by Crippen LogP contribution is -2.22. The summed E-state index contributed by atoms with van der Waals surface area (Å²) in [5.74, 6) is 0.439. The molecule has 0 spiro atoms. The third kappa shape index (κ3) is 5.24. The van der Waals surface area contributed by atoms with Crippen molar-refractivity contribution in [2.24, 2.45) is 5.92 Å². The molecule has 1 unspecified atom stereocenters. The minimum atomic E-state index is -1.05. The molecule has 0 amide bonds. The van der Waals surface area contributed by atoms with Crippen molar-refractivity contribution >= 4 is 8.07 Å². The number of hydrogen-bond donors (Lipinski definition) is 1. The predicted octanol–water partition coefficient (Wildman–Crippen LogP) is 1.67. The molecule has 0 saturated carbocycles. The van der Waals surface area contributed by atoms with Gasteiger partial charge in [0.05, 0.1) is 0 Å². The quantitative estimate of drug-likeness (QED) is 0.604. The van der Waals surface area contributed by atoms with Crippen LogP contribution in [0.4, 0.5) is 0 Å². The zero-order chi connectivity index (χ0) is 13.8. The van der Waals surface area contributed by atoms with Crippen LogP contribution in [-0.4, -0.2) is 40.0 Å². The molecule has 0 aliphatic carbocycles. The lowest BCUT2D eigenvalue weighted by atomic mass is 10.1. The Morgan fingerprint density at radius 2 is 2.00 bits per heavy atom. The molecule has 0 saturated heterocycles. The van der Waals surface area contributed by atoms with Crippen LogP contribution in [0.1, 0.15) is 25.8 Å². The highest BCUT2D eigenvalue weighted by Gasteiger charge is 2.17. The van der Waals surface area contributed by atoms with Crippen molar-refractivity contribution in [1.82, 2.24) is 20.2 Å². The average molecular weight is 272 g/mol. The predicted molar refractivity (Wildman–Crippen MR) is 71.7 cm³/mol. The monoisotopic (exact) mass is 272 g/mol. The third-order valence-electron chi connectivity index (χ3n) is 2.57. The maximum absolute atomic E-state index is 9.78. The fourth-order valence-electron chi connectivity index (χ4n) is 1.25. The first-order valence-electron chi connectivity index (χ1n) is 6.33. The van der Waals surface area contributed by atoms with Gasteiger partial charge >= 0.3 is 0 Å². The van der Waals surface area contributed by atoms with Gasteiger partial charge in [-0.05, 0) is 17.2 Å². The number of ether oxygens (including phenoxy) is 1. The number of aromatic nitrogens is 4. The summed E-state index contributed by atoms with van der Waals surface area (Å²) in [4.78, 5) is 1.38. The van der Waals surface area contributed by atoms with E-state index in [1.165, 1.54) is 4.80 Å². The highest BCUT2D eigenvalue weighted by Crippen LogP contribution is 2.16. The van der Waals surface area contributed by atoms with E-state index in [9.17, 15) is 5.11 Å². The van der Waals surface area contributed by atoms with Gasteiger partial charge in [0, 0.05) is 14.7 Å². The van der Waals surface area contributed by atoms with E-state index in [-0.39, 0.29) is 5.92 Å². The van der Waals surface area contributed by atoms with Crippen LogP contribution >= 0.6 is 0 Å². The Morgan fingerprint density at radius 1 is 1.33 bits per heavy atom. The first kappa shape index (κ1) is 15.3. The molecule has 0 aliphatic rings. The van der Waals surface area contributed by atoms with Crippen LogP contribution in [0.15, 0.2) is 0 Å². The van der Waals surface area contributed by atoms with E-state index < -0.39 is 14.2 Å². The zero-order valence-corrected chi connectivity index (χ0v) is 12.9. The second-order valence-corrected chi connectivity index (χ2v) is 11.7. The number of hydrogen-bond acceptors (Lipinski definition) is 5. The van der Waals surface area contributed by atoms with Crippen molar-refractivity contribution in [3.63, 3.8) is 0 Å². The molecule has 1 atom stereocenters. The summed E-state index contributed by atoms with van der Waals surface area (Å²) < 4.78 is 5.50. The fraction of sp³-hybridized carbons (Fsp3) is 0.909. The molecular weight excluding hydrogens is 248 g/mol. The summed E-state index contributed by atoms with van der Waals surface area (Å²) in [7, 11) is -1.05. The highest BCUT2D eigenvalue weighted by molar-refractivity contribution is 6.76. The minimum Gasteiger partial charge on any atom is -0.385 e. The molecule has 104 valence electrons. The van der Waals surface area contributed by atoms with Crippen LogP contribution < -0.4 is 0 Å². The number of aliphatic hydroxyl groups excluding tert-OH is 1. The van der Waals surface area contributed by atoms with Crippen molar-refractivity contribution in [3.8, 4) is 0 Å². The van der Waals surface area contributed by atoms with Crippen LogP contribution in [-0.2, 0) is 11.5 Å². The summed E-state index contributed by atoms with van der Waals surface area (Å²) in [6, 6.07) is 1.11. The van der Waals surface area contributed by atoms with Crippen LogP contribution in [0.2, 0.25) is 25.7 Å². The molecule has 7 heteroatoms. The Kier molecular flexibility index (Phi) is 5.42. The van der Waals surface area contributed by atoms with Gasteiger partial charge in [0.15, 0.2) is 6.73 Å². The molecular formula is C11H24N4O2Si. The molecule has 0 aliphatic heterocycles.